The van der Waals surface area contributed by atoms with Gasteiger partial charge in [0.25, 0.3) is 5.91 Å². The van der Waals surface area contributed by atoms with E-state index < -0.39 is 17.8 Å². The summed E-state index contributed by atoms with van der Waals surface area (Å²) in [5.74, 6) is -1.28. The van der Waals surface area contributed by atoms with E-state index in [-0.39, 0.29) is 0 Å². The second kappa shape index (κ2) is 4.98. The topological polar surface area (TPSA) is 63.3 Å². The first-order chi connectivity index (χ1) is 8.61. The van der Waals surface area contributed by atoms with Gasteiger partial charge in [0.2, 0.25) is 0 Å². The lowest BCUT2D eigenvalue weighted by Gasteiger charge is -2.13. The number of hydrogen-bond acceptors (Lipinski definition) is 2. The highest BCUT2D eigenvalue weighted by molar-refractivity contribution is 5.83. The van der Waals surface area contributed by atoms with Gasteiger partial charge in [-0.25, -0.2) is 4.39 Å². The largest absolute Gasteiger partial charge is 0.378 e. The summed E-state index contributed by atoms with van der Waals surface area (Å²) in [6.45, 7) is 0. The number of benzene rings is 2. The number of hydrogen-bond donors (Lipinski definition) is 2. The second-order valence-corrected chi connectivity index (χ2v) is 3.87. The molecule has 0 aliphatic carbocycles. The molecular formula is C14H12FNO2. The van der Waals surface area contributed by atoms with Crippen molar-refractivity contribution in [2.75, 3.05) is 0 Å². The predicted molar refractivity (Wildman–Crippen MR) is 66.0 cm³/mol. The van der Waals surface area contributed by atoms with E-state index in [1.807, 2.05) is 0 Å². The summed E-state index contributed by atoms with van der Waals surface area (Å²) >= 11 is 0. The molecule has 1 atom stereocenters. The van der Waals surface area contributed by atoms with Crippen LogP contribution < -0.4 is 5.73 Å². The zero-order chi connectivity index (χ0) is 13.1. The third-order valence-electron chi connectivity index (χ3n) is 2.69. The summed E-state index contributed by atoms with van der Waals surface area (Å²) in [5.41, 5.74) is 6.16. The smallest absolute Gasteiger partial charge is 0.250 e. The number of primary amides is 1. The number of rotatable bonds is 3. The van der Waals surface area contributed by atoms with Crippen molar-refractivity contribution >= 4 is 5.91 Å². The van der Waals surface area contributed by atoms with Crippen LogP contribution in [0.15, 0.2) is 48.5 Å². The minimum atomic E-state index is -1.44. The molecule has 2 rings (SSSR count). The molecule has 3 N–H and O–H groups in total. The van der Waals surface area contributed by atoms with Crippen LogP contribution in [0, 0.1) is 5.82 Å². The number of carbonyl (C=O) groups is 1. The van der Waals surface area contributed by atoms with Gasteiger partial charge in [-0.15, -0.1) is 0 Å². The van der Waals surface area contributed by atoms with Crippen LogP contribution in [0.1, 0.15) is 11.7 Å². The second-order valence-electron chi connectivity index (χ2n) is 3.87. The van der Waals surface area contributed by atoms with Gasteiger partial charge in [-0.2, -0.15) is 0 Å². The number of aliphatic hydroxyl groups excluding tert-OH is 1. The van der Waals surface area contributed by atoms with Gasteiger partial charge in [0, 0.05) is 5.56 Å². The van der Waals surface area contributed by atoms with Crippen LogP contribution in [0.5, 0.6) is 0 Å². The summed E-state index contributed by atoms with van der Waals surface area (Å²) in [7, 11) is 0. The van der Waals surface area contributed by atoms with Gasteiger partial charge >= 0.3 is 0 Å². The van der Waals surface area contributed by atoms with Crippen molar-refractivity contribution in [3.63, 3.8) is 0 Å². The molecule has 0 heterocycles. The fraction of sp³-hybridized carbons (Fsp3) is 0.0714. The van der Waals surface area contributed by atoms with E-state index in [0.717, 1.165) is 0 Å². The lowest BCUT2D eigenvalue weighted by atomic mass is 9.95. The average molecular weight is 245 g/mol. The Labute approximate surface area is 104 Å². The van der Waals surface area contributed by atoms with E-state index in [2.05, 4.69) is 0 Å². The van der Waals surface area contributed by atoms with Crippen LogP contribution in [0.4, 0.5) is 4.39 Å². The highest BCUT2D eigenvalue weighted by Gasteiger charge is 2.19. The van der Waals surface area contributed by atoms with Crippen LogP contribution in [-0.2, 0) is 4.79 Å². The van der Waals surface area contributed by atoms with E-state index >= 15 is 0 Å². The molecule has 4 heteroatoms. The third kappa shape index (κ3) is 2.24. The first kappa shape index (κ1) is 12.3. The molecule has 18 heavy (non-hydrogen) atoms. The molecule has 0 aromatic heterocycles. The minimum absolute atomic E-state index is 0.301. The van der Waals surface area contributed by atoms with Crippen molar-refractivity contribution in [3.8, 4) is 11.1 Å². The van der Waals surface area contributed by atoms with Crippen molar-refractivity contribution in [1.82, 2.24) is 0 Å². The molecule has 0 spiro atoms. The van der Waals surface area contributed by atoms with Gasteiger partial charge in [-0.1, -0.05) is 42.5 Å². The Bertz CT molecular complexity index is 584. The molecule has 92 valence electrons. The molecule has 0 bridgehead atoms. The normalized spacial score (nSPS) is 12.1. The Morgan fingerprint density at radius 1 is 1.06 bits per heavy atom. The van der Waals surface area contributed by atoms with Gasteiger partial charge in [-0.05, 0) is 17.2 Å². The molecule has 0 saturated heterocycles. The van der Waals surface area contributed by atoms with Gasteiger partial charge in [0.05, 0.1) is 0 Å². The number of carbonyl (C=O) groups excluding carboxylic acids is 1. The molecular weight excluding hydrogens is 233 g/mol. The lowest BCUT2D eigenvalue weighted by Crippen LogP contribution is -2.21. The quantitative estimate of drug-likeness (QED) is 0.868. The predicted octanol–water partition coefficient (Wildman–Crippen LogP) is 2.01. The van der Waals surface area contributed by atoms with E-state index in [9.17, 15) is 14.3 Å². The Kier molecular flexibility index (Phi) is 3.39. The molecule has 1 amide bonds. The summed E-state index contributed by atoms with van der Waals surface area (Å²) in [6.07, 6.45) is -1.44. The van der Waals surface area contributed by atoms with Crippen LogP contribution in [0.2, 0.25) is 0 Å². The van der Waals surface area contributed by atoms with E-state index in [4.69, 9.17) is 5.73 Å². The van der Waals surface area contributed by atoms with E-state index in [1.54, 1.807) is 42.5 Å². The summed E-state index contributed by atoms with van der Waals surface area (Å²) in [4.78, 5) is 11.0. The zero-order valence-electron chi connectivity index (χ0n) is 9.51. The SMILES string of the molecule is NC(=O)C(O)c1ccccc1-c1ccccc1F. The van der Waals surface area contributed by atoms with Gasteiger partial charge < -0.3 is 10.8 Å². The number of nitrogens with two attached hydrogens (primary N) is 1. The molecule has 0 radical (unpaired) electrons. The standard InChI is InChI=1S/C14H12FNO2/c15-12-8-4-3-6-10(12)9-5-1-2-7-11(9)13(17)14(16)18/h1-8,13,17H,(H2,16,18). The molecule has 0 fully saturated rings. The van der Waals surface area contributed by atoms with Crippen molar-refractivity contribution in [2.45, 2.75) is 6.10 Å². The summed E-state index contributed by atoms with van der Waals surface area (Å²) in [6, 6.07) is 12.7. The summed E-state index contributed by atoms with van der Waals surface area (Å²) < 4.78 is 13.7. The van der Waals surface area contributed by atoms with Crippen molar-refractivity contribution in [2.24, 2.45) is 5.73 Å². The van der Waals surface area contributed by atoms with Crippen LogP contribution >= 0.6 is 0 Å². The Morgan fingerprint density at radius 3 is 2.22 bits per heavy atom. The number of aliphatic hydroxyl groups is 1. The molecule has 2 aromatic carbocycles. The highest BCUT2D eigenvalue weighted by Crippen LogP contribution is 2.29. The first-order valence-corrected chi connectivity index (χ1v) is 5.42. The number of amides is 1. The zero-order valence-corrected chi connectivity index (χ0v) is 9.51. The van der Waals surface area contributed by atoms with Crippen LogP contribution in [-0.4, -0.2) is 11.0 Å². The van der Waals surface area contributed by atoms with E-state index in [1.165, 1.54) is 6.07 Å². The summed E-state index contributed by atoms with van der Waals surface area (Å²) in [5, 5.41) is 9.73. The average Bonchev–Trinajstić information content (AvgIpc) is 2.38. The van der Waals surface area contributed by atoms with E-state index in [0.29, 0.717) is 16.7 Å². The Hall–Kier alpha value is -2.20. The van der Waals surface area contributed by atoms with Crippen LogP contribution in [0.3, 0.4) is 0 Å². The van der Waals surface area contributed by atoms with Crippen molar-refractivity contribution < 1.29 is 14.3 Å². The third-order valence-corrected chi connectivity index (χ3v) is 2.69. The monoisotopic (exact) mass is 245 g/mol. The van der Waals surface area contributed by atoms with Gasteiger partial charge in [0.15, 0.2) is 6.10 Å². The molecule has 0 aliphatic heterocycles. The lowest BCUT2D eigenvalue weighted by molar-refractivity contribution is -0.126. The maximum atomic E-state index is 13.7. The van der Waals surface area contributed by atoms with Crippen molar-refractivity contribution in [1.29, 1.82) is 0 Å². The molecule has 2 aromatic rings. The van der Waals surface area contributed by atoms with Gasteiger partial charge in [-0.3, -0.25) is 4.79 Å². The molecule has 0 saturated carbocycles. The maximum absolute atomic E-state index is 13.7. The highest BCUT2D eigenvalue weighted by atomic mass is 19.1. The molecule has 0 aliphatic rings. The van der Waals surface area contributed by atoms with Crippen molar-refractivity contribution in [3.05, 3.63) is 59.9 Å². The Balaban J connectivity index is 2.59. The van der Waals surface area contributed by atoms with Crippen LogP contribution in [0.25, 0.3) is 11.1 Å². The fourth-order valence-electron chi connectivity index (χ4n) is 1.81. The minimum Gasteiger partial charge on any atom is -0.378 e. The first-order valence-electron chi connectivity index (χ1n) is 5.42. The fourth-order valence-corrected chi connectivity index (χ4v) is 1.81. The molecule has 3 nitrogen and oxygen atoms in total. The maximum Gasteiger partial charge on any atom is 0.250 e. The number of halogens is 1. The van der Waals surface area contributed by atoms with Gasteiger partial charge in [0.1, 0.15) is 5.82 Å². The molecule has 1 unspecified atom stereocenters. The Morgan fingerprint density at radius 2 is 1.61 bits per heavy atom.